The quantitative estimate of drug-likeness (QED) is 0.815. The number of carbonyl (C=O) groups excluding carboxylic acids is 1. The van der Waals surface area contributed by atoms with Crippen molar-refractivity contribution in [3.63, 3.8) is 0 Å². The highest BCUT2D eigenvalue weighted by Crippen LogP contribution is 2.26. The van der Waals surface area contributed by atoms with Crippen molar-refractivity contribution < 1.29 is 9.53 Å². The zero-order valence-corrected chi connectivity index (χ0v) is 12.2. The molecule has 0 aliphatic carbocycles. The summed E-state index contributed by atoms with van der Waals surface area (Å²) in [5, 5.41) is 0. The largest absolute Gasteiger partial charge is 0.372 e. The fraction of sp³-hybridized carbons (Fsp3) is 0.929. The lowest BCUT2D eigenvalue weighted by Gasteiger charge is -2.36. The molecule has 0 radical (unpaired) electrons. The Morgan fingerprint density at radius 3 is 2.33 bits per heavy atom. The van der Waals surface area contributed by atoms with Gasteiger partial charge in [-0.2, -0.15) is 0 Å². The number of morpholine rings is 1. The van der Waals surface area contributed by atoms with Crippen molar-refractivity contribution in [3.05, 3.63) is 0 Å². The van der Waals surface area contributed by atoms with Crippen LogP contribution < -0.4 is 5.73 Å². The Hall–Kier alpha value is -0.610. The van der Waals surface area contributed by atoms with Crippen LogP contribution in [0.25, 0.3) is 0 Å². The average molecular weight is 256 g/mol. The van der Waals surface area contributed by atoms with Gasteiger partial charge in [-0.25, -0.2) is 0 Å². The molecule has 1 rings (SSSR count). The van der Waals surface area contributed by atoms with E-state index in [-0.39, 0.29) is 23.5 Å². The summed E-state index contributed by atoms with van der Waals surface area (Å²) in [5.74, 6) is 0.252. The highest BCUT2D eigenvalue weighted by atomic mass is 16.5. The van der Waals surface area contributed by atoms with Crippen LogP contribution in [0, 0.1) is 5.41 Å². The molecule has 0 unspecified atom stereocenters. The molecule has 106 valence electrons. The van der Waals surface area contributed by atoms with Gasteiger partial charge >= 0.3 is 0 Å². The van der Waals surface area contributed by atoms with Crippen molar-refractivity contribution in [2.45, 2.75) is 59.2 Å². The zero-order chi connectivity index (χ0) is 13.8. The molecule has 1 amide bonds. The second-order valence-electron chi connectivity index (χ2n) is 6.26. The molecule has 1 fully saturated rings. The van der Waals surface area contributed by atoms with Gasteiger partial charge in [0.2, 0.25) is 5.91 Å². The normalized spacial score (nSPS) is 25.3. The van der Waals surface area contributed by atoms with Gasteiger partial charge in [-0.05, 0) is 38.6 Å². The Morgan fingerprint density at radius 2 is 1.83 bits per heavy atom. The molecule has 4 nitrogen and oxygen atoms in total. The third-order valence-corrected chi connectivity index (χ3v) is 3.61. The van der Waals surface area contributed by atoms with Gasteiger partial charge in [-0.3, -0.25) is 4.79 Å². The topological polar surface area (TPSA) is 55.6 Å². The van der Waals surface area contributed by atoms with Crippen LogP contribution in [0.1, 0.15) is 47.0 Å². The summed E-state index contributed by atoms with van der Waals surface area (Å²) in [6.07, 6.45) is 2.79. The van der Waals surface area contributed by atoms with Crippen LogP contribution in [0.4, 0.5) is 0 Å². The predicted octanol–water partition coefficient (Wildman–Crippen LogP) is 1.78. The van der Waals surface area contributed by atoms with Gasteiger partial charge < -0.3 is 15.4 Å². The van der Waals surface area contributed by atoms with Gasteiger partial charge in [0.05, 0.1) is 12.2 Å². The number of rotatable bonds is 5. The van der Waals surface area contributed by atoms with Crippen molar-refractivity contribution in [2.24, 2.45) is 11.1 Å². The van der Waals surface area contributed by atoms with Gasteiger partial charge in [-0.15, -0.1) is 0 Å². The Kier molecular flexibility index (Phi) is 5.60. The Labute approximate surface area is 111 Å². The van der Waals surface area contributed by atoms with Gasteiger partial charge in [-0.1, -0.05) is 13.8 Å². The molecule has 0 saturated carbocycles. The minimum absolute atomic E-state index is 0.148. The summed E-state index contributed by atoms with van der Waals surface area (Å²) in [5.41, 5.74) is 5.75. The van der Waals surface area contributed by atoms with E-state index < -0.39 is 0 Å². The Morgan fingerprint density at radius 1 is 1.28 bits per heavy atom. The van der Waals surface area contributed by atoms with E-state index in [1.54, 1.807) is 0 Å². The molecule has 1 saturated heterocycles. The average Bonchev–Trinajstić information content (AvgIpc) is 2.24. The van der Waals surface area contributed by atoms with Crippen LogP contribution in [0.5, 0.6) is 0 Å². The number of amides is 1. The van der Waals surface area contributed by atoms with E-state index in [4.69, 9.17) is 10.5 Å². The van der Waals surface area contributed by atoms with Gasteiger partial charge in [0.15, 0.2) is 0 Å². The van der Waals surface area contributed by atoms with Crippen molar-refractivity contribution in [3.8, 4) is 0 Å². The molecular weight excluding hydrogens is 228 g/mol. The molecule has 2 N–H and O–H groups in total. The Bertz CT molecular complexity index is 269. The first-order chi connectivity index (χ1) is 8.34. The lowest BCUT2D eigenvalue weighted by Crippen LogP contribution is -2.48. The predicted molar refractivity (Wildman–Crippen MR) is 73.3 cm³/mol. The smallest absolute Gasteiger partial charge is 0.222 e. The van der Waals surface area contributed by atoms with E-state index in [2.05, 4.69) is 13.8 Å². The molecule has 0 aromatic carbocycles. The molecule has 0 bridgehead atoms. The highest BCUT2D eigenvalue weighted by Gasteiger charge is 2.27. The van der Waals surface area contributed by atoms with E-state index >= 15 is 0 Å². The molecule has 0 spiro atoms. The molecule has 0 aromatic heterocycles. The Balaban J connectivity index is 2.40. The number of carbonyl (C=O) groups is 1. The second kappa shape index (κ2) is 6.53. The maximum Gasteiger partial charge on any atom is 0.222 e. The molecule has 2 atom stereocenters. The maximum atomic E-state index is 12.2. The fourth-order valence-corrected chi connectivity index (χ4v) is 2.50. The first-order valence-corrected chi connectivity index (χ1v) is 6.97. The number of nitrogens with two attached hydrogens (primary N) is 1. The summed E-state index contributed by atoms with van der Waals surface area (Å²) in [6.45, 7) is 10.5. The van der Waals surface area contributed by atoms with Crippen molar-refractivity contribution in [1.82, 2.24) is 4.90 Å². The van der Waals surface area contributed by atoms with Crippen LogP contribution in [0.15, 0.2) is 0 Å². The van der Waals surface area contributed by atoms with Gasteiger partial charge in [0.1, 0.15) is 0 Å². The van der Waals surface area contributed by atoms with E-state index in [0.717, 1.165) is 25.9 Å². The summed E-state index contributed by atoms with van der Waals surface area (Å²) in [6, 6.07) is 0. The van der Waals surface area contributed by atoms with Crippen molar-refractivity contribution >= 4 is 5.91 Å². The van der Waals surface area contributed by atoms with Crippen molar-refractivity contribution in [2.75, 3.05) is 19.6 Å². The van der Waals surface area contributed by atoms with E-state index in [1.165, 1.54) is 0 Å². The summed E-state index contributed by atoms with van der Waals surface area (Å²) < 4.78 is 5.64. The minimum atomic E-state index is 0.148. The second-order valence-corrected chi connectivity index (χ2v) is 6.26. The number of hydrogen-bond donors (Lipinski definition) is 1. The molecule has 0 aromatic rings. The van der Waals surface area contributed by atoms with E-state index in [1.807, 2.05) is 18.7 Å². The maximum absolute atomic E-state index is 12.2. The number of nitrogens with zero attached hydrogens (tertiary/aromatic N) is 1. The first-order valence-electron chi connectivity index (χ1n) is 6.97. The third kappa shape index (κ3) is 4.94. The van der Waals surface area contributed by atoms with Gasteiger partial charge in [0.25, 0.3) is 0 Å². The number of ether oxygens (including phenoxy) is 1. The summed E-state index contributed by atoms with van der Waals surface area (Å²) >= 11 is 0. The SMILES string of the molecule is C[C@@H]1CN(C(=O)CCC(C)(C)CCN)C[C@H](C)O1. The standard InChI is InChI=1S/C14H28N2O2/c1-11-9-16(10-12(2)18-11)13(17)5-6-14(3,4)7-8-15/h11-12H,5-10,15H2,1-4H3/t11-,12+. The lowest BCUT2D eigenvalue weighted by molar-refractivity contribution is -0.143. The molecular formula is C14H28N2O2. The molecule has 18 heavy (non-hydrogen) atoms. The minimum Gasteiger partial charge on any atom is -0.372 e. The van der Waals surface area contributed by atoms with Crippen LogP contribution in [-0.2, 0) is 9.53 Å². The van der Waals surface area contributed by atoms with Crippen LogP contribution in [0.3, 0.4) is 0 Å². The molecule has 1 aliphatic rings. The van der Waals surface area contributed by atoms with E-state index in [9.17, 15) is 4.79 Å². The monoisotopic (exact) mass is 256 g/mol. The lowest BCUT2D eigenvalue weighted by atomic mass is 9.84. The van der Waals surface area contributed by atoms with E-state index in [0.29, 0.717) is 13.0 Å². The summed E-state index contributed by atoms with van der Waals surface area (Å²) in [7, 11) is 0. The van der Waals surface area contributed by atoms with Crippen molar-refractivity contribution in [1.29, 1.82) is 0 Å². The molecule has 1 aliphatic heterocycles. The molecule has 4 heteroatoms. The fourth-order valence-electron chi connectivity index (χ4n) is 2.50. The number of hydrogen-bond acceptors (Lipinski definition) is 3. The highest BCUT2D eigenvalue weighted by molar-refractivity contribution is 5.76. The summed E-state index contributed by atoms with van der Waals surface area (Å²) in [4.78, 5) is 14.1. The molecule has 1 heterocycles. The van der Waals surface area contributed by atoms with Crippen LogP contribution in [0.2, 0.25) is 0 Å². The zero-order valence-electron chi connectivity index (χ0n) is 12.2. The van der Waals surface area contributed by atoms with Gasteiger partial charge in [0, 0.05) is 19.5 Å². The third-order valence-electron chi connectivity index (χ3n) is 3.61. The van der Waals surface area contributed by atoms with Crippen LogP contribution >= 0.6 is 0 Å². The first kappa shape index (κ1) is 15.4. The van der Waals surface area contributed by atoms with Crippen LogP contribution in [-0.4, -0.2) is 42.6 Å².